The first-order valence-electron chi connectivity index (χ1n) is 19.8. The molecule has 0 radical (unpaired) electrons. The number of hydrogen-bond acceptors (Lipinski definition) is 12. The third-order valence-corrected chi connectivity index (χ3v) is 13.3. The first-order chi connectivity index (χ1) is 28.4. The minimum absolute atomic E-state index is 0.00513. The molecule has 0 spiro atoms. The summed E-state index contributed by atoms with van der Waals surface area (Å²) in [5.41, 5.74) is 3.22. The van der Waals surface area contributed by atoms with Gasteiger partial charge in [0, 0.05) is 64.6 Å². The standard InChI is InChI=1S/C40H44F2N12O4S/c1-5-58-27-21-50(4)40(55)33-16-26(46-34-9-7-8-30(47-34)36-37-31(12-13-43-36)45-23(3)52(37)22-27)20-53(33)38-28-17-44-54(32-11-10-25(41)15-29(32)42)39(28)49-35(48-38)14-24-18-51(19-24)59(56,57)6-2/h7-13,15,17,24,26-27,33H,5-6,14,16,18-22H2,1-4H3,(H,46,47)/t26-,27-,33-/m0/s1. The number of carbonyl (C=O) groups is 1. The van der Waals surface area contributed by atoms with Gasteiger partial charge in [0.05, 0.1) is 46.7 Å². The summed E-state index contributed by atoms with van der Waals surface area (Å²) in [7, 11) is -1.59. The molecule has 16 nitrogen and oxygen atoms in total. The van der Waals surface area contributed by atoms with E-state index in [0.29, 0.717) is 79.9 Å². The van der Waals surface area contributed by atoms with Gasteiger partial charge in [-0.25, -0.2) is 46.1 Å². The second kappa shape index (κ2) is 15.2. The van der Waals surface area contributed by atoms with Crippen LogP contribution in [0, 0.1) is 24.5 Å². The summed E-state index contributed by atoms with van der Waals surface area (Å²) in [5.74, 6) is 0.406. The smallest absolute Gasteiger partial charge is 0.245 e. The normalized spacial score (nSPS) is 20.5. The predicted octanol–water partition coefficient (Wildman–Crippen LogP) is 3.97. The number of aromatic nitrogens is 8. The fraction of sp³-hybridized carbons (Fsp3) is 0.425. The quantitative estimate of drug-likeness (QED) is 0.235. The van der Waals surface area contributed by atoms with Crippen molar-refractivity contribution >= 4 is 49.6 Å². The molecule has 0 aliphatic carbocycles. The van der Waals surface area contributed by atoms with E-state index in [9.17, 15) is 17.6 Å². The number of aryl methyl sites for hydroxylation is 1. The van der Waals surface area contributed by atoms with Crippen LogP contribution in [0.1, 0.15) is 31.9 Å². The Morgan fingerprint density at radius 1 is 0.983 bits per heavy atom. The molecule has 9 rings (SSSR count). The Morgan fingerprint density at radius 3 is 2.59 bits per heavy atom. The van der Waals surface area contributed by atoms with Gasteiger partial charge in [-0.1, -0.05) is 6.07 Å². The van der Waals surface area contributed by atoms with Crippen molar-refractivity contribution in [3.05, 3.63) is 78.1 Å². The third kappa shape index (κ3) is 7.14. The average Bonchev–Trinajstić information content (AvgIpc) is 3.90. The Kier molecular flexibility index (Phi) is 9.99. The van der Waals surface area contributed by atoms with Crippen LogP contribution in [0.25, 0.3) is 39.1 Å². The fourth-order valence-electron chi connectivity index (χ4n) is 8.52. The van der Waals surface area contributed by atoms with E-state index in [1.54, 1.807) is 25.1 Å². The molecule has 4 bridgehead atoms. The van der Waals surface area contributed by atoms with Crippen molar-refractivity contribution in [1.29, 1.82) is 0 Å². The number of anilines is 2. The van der Waals surface area contributed by atoms with Gasteiger partial charge in [0.2, 0.25) is 15.9 Å². The molecule has 5 aromatic heterocycles. The molecule has 3 aliphatic heterocycles. The van der Waals surface area contributed by atoms with E-state index in [1.807, 2.05) is 43.0 Å². The number of benzene rings is 1. The summed E-state index contributed by atoms with van der Waals surface area (Å²) >= 11 is 0. The number of halogens is 2. The zero-order chi connectivity index (χ0) is 41.2. The number of rotatable bonds is 8. The fourth-order valence-corrected chi connectivity index (χ4v) is 9.76. The Balaban J connectivity index is 1.14. The van der Waals surface area contributed by atoms with Crippen molar-refractivity contribution in [3.8, 4) is 17.1 Å². The Bertz CT molecular complexity index is 2700. The Hall–Kier alpha value is -5.66. The molecule has 8 heterocycles. The van der Waals surface area contributed by atoms with E-state index < -0.39 is 33.8 Å². The molecule has 19 heteroatoms. The minimum atomic E-state index is -3.35. The molecule has 3 atom stereocenters. The molecule has 308 valence electrons. The Morgan fingerprint density at radius 2 is 1.81 bits per heavy atom. The van der Waals surface area contributed by atoms with Crippen LogP contribution in [0.3, 0.4) is 0 Å². The molecule has 2 saturated heterocycles. The third-order valence-electron chi connectivity index (χ3n) is 11.4. The molecule has 1 N–H and O–H groups in total. The summed E-state index contributed by atoms with van der Waals surface area (Å²) in [5, 5.41) is 8.55. The molecule has 1 amide bonds. The number of pyridine rings is 2. The number of nitrogens with one attached hydrogen (secondary N) is 1. The first kappa shape index (κ1) is 38.8. The monoisotopic (exact) mass is 826 g/mol. The van der Waals surface area contributed by atoms with Gasteiger partial charge < -0.3 is 24.4 Å². The number of nitrogens with zero attached hydrogens (tertiary/aromatic N) is 11. The molecule has 2 fully saturated rings. The zero-order valence-electron chi connectivity index (χ0n) is 33.1. The first-order valence-corrected chi connectivity index (χ1v) is 21.4. The summed E-state index contributed by atoms with van der Waals surface area (Å²) in [6.07, 6.45) is 3.58. The maximum Gasteiger partial charge on any atom is 0.245 e. The van der Waals surface area contributed by atoms with Crippen molar-refractivity contribution in [2.24, 2.45) is 5.92 Å². The van der Waals surface area contributed by atoms with Crippen molar-refractivity contribution in [3.63, 3.8) is 0 Å². The van der Waals surface area contributed by atoms with Gasteiger partial charge in [-0.15, -0.1) is 0 Å². The van der Waals surface area contributed by atoms with Crippen molar-refractivity contribution in [2.45, 2.75) is 58.3 Å². The van der Waals surface area contributed by atoms with E-state index in [4.69, 9.17) is 29.7 Å². The highest BCUT2D eigenvalue weighted by atomic mass is 32.2. The lowest BCUT2D eigenvalue weighted by molar-refractivity contribution is -0.133. The van der Waals surface area contributed by atoms with Gasteiger partial charge in [-0.2, -0.15) is 5.10 Å². The summed E-state index contributed by atoms with van der Waals surface area (Å²) in [6.45, 7) is 7.56. The molecule has 1 aromatic carbocycles. The summed E-state index contributed by atoms with van der Waals surface area (Å²) < 4.78 is 65.5. The van der Waals surface area contributed by atoms with Crippen LogP contribution >= 0.6 is 0 Å². The van der Waals surface area contributed by atoms with Crippen LogP contribution in [0.15, 0.2) is 54.9 Å². The molecular formula is C40H44F2N12O4S. The largest absolute Gasteiger partial charge is 0.375 e. The number of carbonyl (C=O) groups excluding carboxylic acids is 1. The van der Waals surface area contributed by atoms with Crippen LogP contribution in [0.2, 0.25) is 0 Å². The molecule has 0 saturated carbocycles. The number of sulfonamides is 1. The molecule has 59 heavy (non-hydrogen) atoms. The zero-order valence-corrected chi connectivity index (χ0v) is 33.9. The highest BCUT2D eigenvalue weighted by Gasteiger charge is 2.42. The lowest BCUT2D eigenvalue weighted by Gasteiger charge is -2.37. The van der Waals surface area contributed by atoms with E-state index in [2.05, 4.69) is 15.0 Å². The number of amides is 1. The van der Waals surface area contributed by atoms with E-state index >= 15 is 4.39 Å². The van der Waals surface area contributed by atoms with Gasteiger partial charge in [0.25, 0.3) is 0 Å². The van der Waals surface area contributed by atoms with E-state index in [0.717, 1.165) is 29.0 Å². The maximum absolute atomic E-state index is 15.3. The van der Waals surface area contributed by atoms with Gasteiger partial charge in [-0.3, -0.25) is 9.78 Å². The van der Waals surface area contributed by atoms with Gasteiger partial charge in [0.15, 0.2) is 11.5 Å². The summed E-state index contributed by atoms with van der Waals surface area (Å²) in [4.78, 5) is 43.0. The second-order valence-electron chi connectivity index (χ2n) is 15.4. The predicted molar refractivity (Wildman–Crippen MR) is 217 cm³/mol. The van der Waals surface area contributed by atoms with E-state index in [1.165, 1.54) is 21.3 Å². The highest BCUT2D eigenvalue weighted by molar-refractivity contribution is 7.89. The molecule has 3 aliphatic rings. The summed E-state index contributed by atoms with van der Waals surface area (Å²) in [6, 6.07) is 9.83. The number of likely N-dealkylation sites (N-methyl/N-ethyl adjacent to an activating group) is 1. The average molecular weight is 827 g/mol. The van der Waals surface area contributed by atoms with Crippen LogP contribution in [0.4, 0.5) is 20.4 Å². The van der Waals surface area contributed by atoms with Crippen LogP contribution in [-0.4, -0.2) is 127 Å². The van der Waals surface area contributed by atoms with Crippen LogP contribution in [-0.2, 0) is 32.5 Å². The van der Waals surface area contributed by atoms with Gasteiger partial charge in [-0.05, 0) is 63.4 Å². The highest BCUT2D eigenvalue weighted by Crippen LogP contribution is 2.35. The lowest BCUT2D eigenvalue weighted by atomic mass is 9.99. The minimum Gasteiger partial charge on any atom is -0.375 e. The van der Waals surface area contributed by atoms with Gasteiger partial charge >= 0.3 is 0 Å². The van der Waals surface area contributed by atoms with Crippen molar-refractivity contribution in [2.75, 3.05) is 55.8 Å². The molecular weight excluding hydrogens is 783 g/mol. The number of ether oxygens (including phenoxy) is 1. The van der Waals surface area contributed by atoms with Crippen LogP contribution < -0.4 is 10.2 Å². The second-order valence-corrected chi connectivity index (χ2v) is 17.6. The maximum atomic E-state index is 15.3. The number of fused-ring (bicyclic) bond motifs is 6. The van der Waals surface area contributed by atoms with Crippen molar-refractivity contribution < 1.29 is 26.7 Å². The number of imidazole rings is 1. The lowest BCUT2D eigenvalue weighted by Crippen LogP contribution is -2.51. The van der Waals surface area contributed by atoms with Gasteiger partial charge in [0.1, 0.15) is 46.5 Å². The number of hydrogen-bond donors (Lipinski definition) is 1. The van der Waals surface area contributed by atoms with E-state index in [-0.39, 0.29) is 41.5 Å². The molecule has 0 unspecified atom stereocenters. The Labute approximate surface area is 339 Å². The van der Waals surface area contributed by atoms with Crippen LogP contribution in [0.5, 0.6) is 0 Å². The topological polar surface area (TPSA) is 169 Å². The van der Waals surface area contributed by atoms with Crippen molar-refractivity contribution in [1.82, 2.24) is 48.5 Å². The molecule has 6 aromatic rings. The SMILES string of the molecule is CCO[C@H]1CN(C)C(=O)[C@@H]2C[C@@H](CN2c2nc(CC3CN(S(=O)(=O)CC)C3)nc3c2cnn3-c2ccc(F)cc2F)Nc2cccc(n2)-c2nccc3nc(C)n(c23)C1.